The average Bonchev–Trinajstić information content (AvgIpc) is 2.62. The summed E-state index contributed by atoms with van der Waals surface area (Å²) in [6, 6.07) is 0. The van der Waals surface area contributed by atoms with Crippen LogP contribution in [0.5, 0.6) is 0 Å². The van der Waals surface area contributed by atoms with Gasteiger partial charge in [0.15, 0.2) is 0 Å². The standard InChI is InChI=1S/C13H20N2OS/c1-9-4-10(2)7-15(6-9)13(16)5-12-8-17-11(3)14-12/h8-10H,4-7H2,1-3H3. The number of hydrogen-bond acceptors (Lipinski definition) is 3. The van der Waals surface area contributed by atoms with Crippen LogP contribution in [0.25, 0.3) is 0 Å². The van der Waals surface area contributed by atoms with E-state index in [0.29, 0.717) is 18.3 Å². The van der Waals surface area contributed by atoms with Crippen molar-refractivity contribution in [1.82, 2.24) is 9.88 Å². The lowest BCUT2D eigenvalue weighted by Gasteiger charge is -2.35. The molecule has 1 aromatic heterocycles. The maximum absolute atomic E-state index is 12.2. The highest BCUT2D eigenvalue weighted by molar-refractivity contribution is 7.09. The third-order valence-corrected chi connectivity index (χ3v) is 4.04. The maximum Gasteiger partial charge on any atom is 0.228 e. The first-order chi connectivity index (χ1) is 8.04. The molecule has 1 aromatic rings. The number of thiazole rings is 1. The zero-order valence-corrected chi connectivity index (χ0v) is 11.6. The van der Waals surface area contributed by atoms with E-state index in [1.807, 2.05) is 17.2 Å². The SMILES string of the molecule is Cc1nc(CC(=O)N2CC(C)CC(C)C2)cs1. The van der Waals surface area contributed by atoms with Gasteiger partial charge in [-0.2, -0.15) is 0 Å². The lowest BCUT2D eigenvalue weighted by molar-refractivity contribution is -0.133. The van der Waals surface area contributed by atoms with Crippen molar-refractivity contribution < 1.29 is 4.79 Å². The number of aromatic nitrogens is 1. The molecule has 0 radical (unpaired) electrons. The second kappa shape index (κ2) is 5.17. The Morgan fingerprint density at radius 1 is 1.47 bits per heavy atom. The fraction of sp³-hybridized carbons (Fsp3) is 0.692. The Labute approximate surface area is 107 Å². The topological polar surface area (TPSA) is 33.2 Å². The first-order valence-electron chi connectivity index (χ1n) is 6.23. The molecule has 94 valence electrons. The van der Waals surface area contributed by atoms with Gasteiger partial charge in [-0.1, -0.05) is 13.8 Å². The Kier molecular flexibility index (Phi) is 3.82. The molecular weight excluding hydrogens is 232 g/mol. The largest absolute Gasteiger partial charge is 0.342 e. The van der Waals surface area contributed by atoms with Crippen molar-refractivity contribution in [3.05, 3.63) is 16.1 Å². The summed E-state index contributed by atoms with van der Waals surface area (Å²) in [5.41, 5.74) is 0.920. The first kappa shape index (κ1) is 12.6. The number of amides is 1. The molecule has 0 N–H and O–H groups in total. The monoisotopic (exact) mass is 252 g/mol. The number of rotatable bonds is 2. The van der Waals surface area contributed by atoms with Gasteiger partial charge in [-0.15, -0.1) is 11.3 Å². The molecule has 3 nitrogen and oxygen atoms in total. The molecule has 0 saturated carbocycles. The van der Waals surface area contributed by atoms with Crippen LogP contribution < -0.4 is 0 Å². The molecule has 0 bridgehead atoms. The molecule has 0 aromatic carbocycles. The van der Waals surface area contributed by atoms with Crippen LogP contribution in [0.2, 0.25) is 0 Å². The normalized spacial score (nSPS) is 25.0. The van der Waals surface area contributed by atoms with E-state index in [4.69, 9.17) is 0 Å². The van der Waals surface area contributed by atoms with Gasteiger partial charge in [-0.3, -0.25) is 4.79 Å². The van der Waals surface area contributed by atoms with Crippen molar-refractivity contribution in [2.24, 2.45) is 11.8 Å². The number of aryl methyl sites for hydroxylation is 1. The molecule has 1 amide bonds. The summed E-state index contributed by atoms with van der Waals surface area (Å²) in [6.45, 7) is 8.24. The minimum Gasteiger partial charge on any atom is -0.342 e. The van der Waals surface area contributed by atoms with Gasteiger partial charge in [0.2, 0.25) is 5.91 Å². The molecule has 1 aliphatic rings. The van der Waals surface area contributed by atoms with Gasteiger partial charge in [0.05, 0.1) is 17.1 Å². The van der Waals surface area contributed by atoms with Crippen molar-refractivity contribution >= 4 is 17.2 Å². The predicted octanol–water partition coefficient (Wildman–Crippen LogP) is 2.50. The molecule has 2 atom stereocenters. The Bertz CT molecular complexity index is 392. The van der Waals surface area contributed by atoms with Gasteiger partial charge < -0.3 is 4.90 Å². The third kappa shape index (κ3) is 3.28. The summed E-state index contributed by atoms with van der Waals surface area (Å²) >= 11 is 1.61. The number of piperidine rings is 1. The maximum atomic E-state index is 12.2. The summed E-state index contributed by atoms with van der Waals surface area (Å²) in [4.78, 5) is 18.5. The number of carbonyl (C=O) groups is 1. The number of nitrogens with zero attached hydrogens (tertiary/aromatic N) is 2. The molecule has 2 heterocycles. The summed E-state index contributed by atoms with van der Waals surface area (Å²) in [7, 11) is 0. The molecular formula is C13H20N2OS. The second-order valence-electron chi connectivity index (χ2n) is 5.28. The molecule has 0 aliphatic carbocycles. The Morgan fingerprint density at radius 3 is 2.65 bits per heavy atom. The summed E-state index contributed by atoms with van der Waals surface area (Å²) < 4.78 is 0. The van der Waals surface area contributed by atoms with Gasteiger partial charge in [0, 0.05) is 18.5 Å². The third-order valence-electron chi connectivity index (χ3n) is 3.22. The summed E-state index contributed by atoms with van der Waals surface area (Å²) in [5.74, 6) is 1.48. The first-order valence-corrected chi connectivity index (χ1v) is 7.11. The number of carbonyl (C=O) groups excluding carboxylic acids is 1. The lowest BCUT2D eigenvalue weighted by Crippen LogP contribution is -2.43. The van der Waals surface area contributed by atoms with E-state index < -0.39 is 0 Å². The van der Waals surface area contributed by atoms with Crippen molar-refractivity contribution in [1.29, 1.82) is 0 Å². The van der Waals surface area contributed by atoms with Crippen LogP contribution in [0.4, 0.5) is 0 Å². The zero-order chi connectivity index (χ0) is 12.4. The highest BCUT2D eigenvalue weighted by Crippen LogP contribution is 2.21. The van der Waals surface area contributed by atoms with Gasteiger partial charge in [-0.05, 0) is 25.2 Å². The second-order valence-corrected chi connectivity index (χ2v) is 6.34. The molecule has 1 saturated heterocycles. The molecule has 4 heteroatoms. The average molecular weight is 252 g/mol. The molecule has 2 rings (SSSR count). The Balaban J connectivity index is 1.95. The number of likely N-dealkylation sites (tertiary alicyclic amines) is 1. The molecule has 1 aliphatic heterocycles. The van der Waals surface area contributed by atoms with Crippen molar-refractivity contribution in [3.8, 4) is 0 Å². The predicted molar refractivity (Wildman–Crippen MR) is 70.1 cm³/mol. The van der Waals surface area contributed by atoms with Gasteiger partial charge in [0.1, 0.15) is 0 Å². The molecule has 1 fully saturated rings. The van der Waals surface area contributed by atoms with Crippen molar-refractivity contribution in [2.75, 3.05) is 13.1 Å². The van der Waals surface area contributed by atoms with Crippen LogP contribution in [0, 0.1) is 18.8 Å². The van der Waals surface area contributed by atoms with Crippen molar-refractivity contribution in [3.63, 3.8) is 0 Å². The zero-order valence-electron chi connectivity index (χ0n) is 10.8. The van der Waals surface area contributed by atoms with Crippen LogP contribution in [0.15, 0.2) is 5.38 Å². The molecule has 2 unspecified atom stereocenters. The van der Waals surface area contributed by atoms with Crippen molar-refractivity contribution in [2.45, 2.75) is 33.6 Å². The molecule has 0 spiro atoms. The van der Waals surface area contributed by atoms with Crippen LogP contribution in [-0.4, -0.2) is 28.9 Å². The fourth-order valence-electron chi connectivity index (χ4n) is 2.62. The minimum atomic E-state index is 0.230. The van der Waals surface area contributed by atoms with E-state index in [1.165, 1.54) is 6.42 Å². The lowest BCUT2D eigenvalue weighted by atomic mass is 9.92. The highest BCUT2D eigenvalue weighted by Gasteiger charge is 2.25. The van der Waals surface area contributed by atoms with E-state index in [2.05, 4.69) is 18.8 Å². The van der Waals surface area contributed by atoms with E-state index >= 15 is 0 Å². The number of hydrogen-bond donors (Lipinski definition) is 0. The van der Waals surface area contributed by atoms with Crippen LogP contribution >= 0.6 is 11.3 Å². The van der Waals surface area contributed by atoms with E-state index in [-0.39, 0.29) is 5.91 Å². The van der Waals surface area contributed by atoms with Crippen LogP contribution in [0.3, 0.4) is 0 Å². The highest BCUT2D eigenvalue weighted by atomic mass is 32.1. The smallest absolute Gasteiger partial charge is 0.228 e. The minimum absolute atomic E-state index is 0.230. The van der Waals surface area contributed by atoms with Crippen LogP contribution in [-0.2, 0) is 11.2 Å². The summed E-state index contributed by atoms with van der Waals surface area (Å²) in [6.07, 6.45) is 1.70. The van der Waals surface area contributed by atoms with Gasteiger partial charge in [0.25, 0.3) is 0 Å². The van der Waals surface area contributed by atoms with Gasteiger partial charge in [-0.25, -0.2) is 4.98 Å². The summed E-state index contributed by atoms with van der Waals surface area (Å²) in [5, 5.41) is 3.03. The Hall–Kier alpha value is -0.900. The van der Waals surface area contributed by atoms with E-state index in [1.54, 1.807) is 11.3 Å². The van der Waals surface area contributed by atoms with Gasteiger partial charge >= 0.3 is 0 Å². The van der Waals surface area contributed by atoms with Crippen LogP contribution in [0.1, 0.15) is 31.0 Å². The van der Waals surface area contributed by atoms with E-state index in [9.17, 15) is 4.79 Å². The fourth-order valence-corrected chi connectivity index (χ4v) is 3.24. The van der Waals surface area contributed by atoms with E-state index in [0.717, 1.165) is 23.8 Å². The Morgan fingerprint density at radius 2 is 2.12 bits per heavy atom. The quantitative estimate of drug-likeness (QED) is 0.810. The molecule has 17 heavy (non-hydrogen) atoms.